The molecule has 0 spiro atoms. The molecular formula is C27H23FN4O2S. The van der Waals surface area contributed by atoms with E-state index in [1.807, 2.05) is 42.5 Å². The van der Waals surface area contributed by atoms with Gasteiger partial charge in [-0.05, 0) is 60.5 Å². The SMILES string of the molecule is O=C(c1ccc(NSc2cccc3cccnc23)cc1)N1CCN(C(=O)c2ccccc2F)CC1. The number of pyridine rings is 1. The Morgan fingerprint density at radius 1 is 0.800 bits per heavy atom. The van der Waals surface area contributed by atoms with E-state index in [0.717, 1.165) is 21.5 Å². The van der Waals surface area contributed by atoms with E-state index in [-0.39, 0.29) is 17.4 Å². The van der Waals surface area contributed by atoms with Gasteiger partial charge in [-0.1, -0.05) is 30.3 Å². The van der Waals surface area contributed by atoms with Gasteiger partial charge < -0.3 is 14.5 Å². The second-order valence-electron chi connectivity index (χ2n) is 8.18. The van der Waals surface area contributed by atoms with Gasteiger partial charge >= 0.3 is 0 Å². The molecule has 0 saturated carbocycles. The zero-order valence-electron chi connectivity index (χ0n) is 18.9. The minimum absolute atomic E-state index is 0.0625. The summed E-state index contributed by atoms with van der Waals surface area (Å²) in [6, 6.07) is 23.3. The van der Waals surface area contributed by atoms with Crippen LogP contribution in [0.1, 0.15) is 20.7 Å². The molecule has 5 rings (SSSR count). The predicted molar refractivity (Wildman–Crippen MR) is 136 cm³/mol. The van der Waals surface area contributed by atoms with Crippen molar-refractivity contribution in [1.29, 1.82) is 0 Å². The van der Waals surface area contributed by atoms with Crippen LogP contribution in [0.3, 0.4) is 0 Å². The van der Waals surface area contributed by atoms with E-state index in [1.54, 1.807) is 40.3 Å². The number of amides is 2. The zero-order valence-corrected chi connectivity index (χ0v) is 19.7. The standard InChI is InChI=1S/C27H23FN4O2S/c28-23-8-2-1-7-22(23)27(34)32-17-15-31(16-18-32)26(33)20-10-12-21(13-11-20)30-35-24-9-3-5-19-6-4-14-29-25(19)24/h1-14,30H,15-18H2. The predicted octanol–water partition coefficient (Wildman–Crippen LogP) is 5.09. The summed E-state index contributed by atoms with van der Waals surface area (Å²) in [5.41, 5.74) is 2.46. The van der Waals surface area contributed by atoms with E-state index in [2.05, 4.69) is 9.71 Å². The van der Waals surface area contributed by atoms with Crippen molar-refractivity contribution in [2.75, 3.05) is 30.9 Å². The van der Waals surface area contributed by atoms with Crippen molar-refractivity contribution in [3.63, 3.8) is 0 Å². The van der Waals surface area contributed by atoms with Crippen molar-refractivity contribution in [1.82, 2.24) is 14.8 Å². The van der Waals surface area contributed by atoms with Gasteiger partial charge in [0.15, 0.2) is 0 Å². The molecule has 176 valence electrons. The first-order valence-corrected chi connectivity index (χ1v) is 12.1. The molecule has 8 heteroatoms. The first-order valence-electron chi connectivity index (χ1n) is 11.3. The normalized spacial score (nSPS) is 13.6. The molecule has 1 saturated heterocycles. The van der Waals surface area contributed by atoms with Gasteiger partial charge in [0.05, 0.1) is 16.0 Å². The maximum absolute atomic E-state index is 14.0. The number of hydrogen-bond donors (Lipinski definition) is 1. The second-order valence-corrected chi connectivity index (χ2v) is 9.03. The second kappa shape index (κ2) is 10.1. The third-order valence-corrected chi connectivity index (χ3v) is 6.85. The fourth-order valence-corrected chi connectivity index (χ4v) is 4.83. The van der Waals surface area contributed by atoms with Gasteiger partial charge in [0, 0.05) is 49.0 Å². The Morgan fingerprint density at radius 2 is 1.49 bits per heavy atom. The summed E-state index contributed by atoms with van der Waals surface area (Å²) in [4.78, 5) is 34.4. The number of aromatic nitrogens is 1. The summed E-state index contributed by atoms with van der Waals surface area (Å²) in [5, 5.41) is 1.08. The monoisotopic (exact) mass is 486 g/mol. The molecule has 1 fully saturated rings. The van der Waals surface area contributed by atoms with E-state index in [9.17, 15) is 14.0 Å². The lowest BCUT2D eigenvalue weighted by Gasteiger charge is -2.35. The Balaban J connectivity index is 1.17. The molecule has 4 aromatic rings. The number of rotatable bonds is 5. The molecule has 35 heavy (non-hydrogen) atoms. The van der Waals surface area contributed by atoms with Crippen LogP contribution < -0.4 is 4.72 Å². The molecule has 1 N–H and O–H groups in total. The first kappa shape index (κ1) is 22.9. The Kier molecular flexibility index (Phi) is 6.63. The highest BCUT2D eigenvalue weighted by Crippen LogP contribution is 2.27. The summed E-state index contributed by atoms with van der Waals surface area (Å²) in [5.74, 6) is -0.954. The minimum atomic E-state index is -0.528. The molecule has 3 aromatic carbocycles. The Hall–Kier alpha value is -3.91. The number of carbonyl (C=O) groups is 2. The maximum Gasteiger partial charge on any atom is 0.256 e. The van der Waals surface area contributed by atoms with E-state index >= 15 is 0 Å². The van der Waals surface area contributed by atoms with E-state index < -0.39 is 5.82 Å². The van der Waals surface area contributed by atoms with Crippen molar-refractivity contribution < 1.29 is 14.0 Å². The number of carbonyl (C=O) groups excluding carboxylic acids is 2. The van der Waals surface area contributed by atoms with Crippen molar-refractivity contribution in [2.45, 2.75) is 4.90 Å². The number of fused-ring (bicyclic) bond motifs is 1. The van der Waals surface area contributed by atoms with E-state index in [0.29, 0.717) is 31.7 Å². The summed E-state index contributed by atoms with van der Waals surface area (Å²) in [6.45, 7) is 1.55. The number of para-hydroxylation sites is 1. The van der Waals surface area contributed by atoms with E-state index in [1.165, 1.54) is 24.1 Å². The molecule has 2 heterocycles. The van der Waals surface area contributed by atoms with Crippen LogP contribution in [0.2, 0.25) is 0 Å². The molecule has 1 aliphatic rings. The van der Waals surface area contributed by atoms with Gasteiger partial charge in [-0.3, -0.25) is 14.6 Å². The number of hydrogen-bond acceptors (Lipinski definition) is 5. The number of halogens is 1. The van der Waals surface area contributed by atoms with Gasteiger partial charge in [-0.15, -0.1) is 0 Å². The van der Waals surface area contributed by atoms with Gasteiger partial charge in [0.25, 0.3) is 11.8 Å². The molecule has 0 atom stereocenters. The number of anilines is 1. The summed E-state index contributed by atoms with van der Waals surface area (Å²) in [7, 11) is 0. The van der Waals surface area contributed by atoms with Gasteiger partial charge in [-0.25, -0.2) is 4.39 Å². The zero-order chi connectivity index (χ0) is 24.2. The molecule has 0 unspecified atom stereocenters. The fourth-order valence-electron chi connectivity index (χ4n) is 4.05. The van der Waals surface area contributed by atoms with Gasteiger partial charge in [-0.2, -0.15) is 0 Å². The molecular weight excluding hydrogens is 463 g/mol. The topological polar surface area (TPSA) is 65.5 Å². The minimum Gasteiger partial charge on any atom is -0.335 e. The Bertz CT molecular complexity index is 1370. The summed E-state index contributed by atoms with van der Waals surface area (Å²) >= 11 is 1.48. The van der Waals surface area contributed by atoms with Crippen molar-refractivity contribution in [3.05, 3.63) is 102 Å². The van der Waals surface area contributed by atoms with Crippen molar-refractivity contribution >= 4 is 40.4 Å². The molecule has 1 aromatic heterocycles. The molecule has 0 radical (unpaired) electrons. The molecule has 0 aliphatic carbocycles. The fraction of sp³-hybridized carbons (Fsp3) is 0.148. The van der Waals surface area contributed by atoms with Gasteiger partial charge in [0.1, 0.15) is 5.82 Å². The third-order valence-electron chi connectivity index (χ3n) is 5.96. The molecule has 6 nitrogen and oxygen atoms in total. The quantitative estimate of drug-likeness (QED) is 0.398. The molecule has 2 amide bonds. The van der Waals surface area contributed by atoms with Crippen LogP contribution in [0.25, 0.3) is 10.9 Å². The Morgan fingerprint density at radius 3 is 2.23 bits per heavy atom. The number of nitrogens with one attached hydrogen (secondary N) is 1. The van der Waals surface area contributed by atoms with Crippen molar-refractivity contribution in [2.24, 2.45) is 0 Å². The van der Waals surface area contributed by atoms with Crippen LogP contribution in [-0.2, 0) is 0 Å². The first-order chi connectivity index (χ1) is 17.1. The number of piperazine rings is 1. The van der Waals surface area contributed by atoms with Crippen LogP contribution in [0.5, 0.6) is 0 Å². The highest BCUT2D eigenvalue weighted by molar-refractivity contribution is 8.00. The van der Waals surface area contributed by atoms with E-state index in [4.69, 9.17) is 0 Å². The van der Waals surface area contributed by atoms with Crippen LogP contribution in [0, 0.1) is 5.82 Å². The van der Waals surface area contributed by atoms with Crippen LogP contribution in [0.4, 0.5) is 10.1 Å². The average Bonchev–Trinajstić information content (AvgIpc) is 2.92. The third kappa shape index (κ3) is 4.97. The number of benzene rings is 3. The molecule has 1 aliphatic heterocycles. The lowest BCUT2D eigenvalue weighted by atomic mass is 10.1. The number of nitrogens with zero attached hydrogens (tertiary/aromatic N) is 3. The van der Waals surface area contributed by atoms with Crippen molar-refractivity contribution in [3.8, 4) is 0 Å². The summed E-state index contributed by atoms with van der Waals surface area (Å²) < 4.78 is 17.3. The summed E-state index contributed by atoms with van der Waals surface area (Å²) in [6.07, 6.45) is 1.78. The average molecular weight is 487 g/mol. The lowest BCUT2D eigenvalue weighted by Crippen LogP contribution is -2.50. The van der Waals surface area contributed by atoms with Gasteiger partial charge in [0.2, 0.25) is 0 Å². The van der Waals surface area contributed by atoms with Crippen LogP contribution in [0.15, 0.2) is 90.0 Å². The largest absolute Gasteiger partial charge is 0.335 e. The smallest absolute Gasteiger partial charge is 0.256 e. The lowest BCUT2D eigenvalue weighted by molar-refractivity contribution is 0.0533. The van der Waals surface area contributed by atoms with Crippen LogP contribution in [-0.4, -0.2) is 52.8 Å². The maximum atomic E-state index is 14.0. The highest BCUT2D eigenvalue weighted by Gasteiger charge is 2.26. The molecule has 0 bridgehead atoms. The Labute approximate surface area is 206 Å². The highest BCUT2D eigenvalue weighted by atomic mass is 32.2. The van der Waals surface area contributed by atoms with Crippen LogP contribution >= 0.6 is 11.9 Å².